The van der Waals surface area contributed by atoms with Gasteiger partial charge in [0.2, 0.25) is 0 Å². The first-order valence-corrected chi connectivity index (χ1v) is 10.6. The minimum Gasteiger partial charge on any atom is -0.414 e. The Morgan fingerprint density at radius 3 is 2.04 bits per heavy atom. The van der Waals surface area contributed by atoms with Crippen molar-refractivity contribution in [3.8, 4) is 11.5 Å². The molecule has 0 fully saturated rings. The van der Waals surface area contributed by atoms with Crippen molar-refractivity contribution in [2.24, 2.45) is 0 Å². The molecule has 0 amide bonds. The summed E-state index contributed by atoms with van der Waals surface area (Å²) in [5.41, 5.74) is 5.46. The van der Waals surface area contributed by atoms with Gasteiger partial charge in [-0.25, -0.2) is 0 Å². The zero-order valence-electron chi connectivity index (χ0n) is 17.6. The van der Waals surface area contributed by atoms with Gasteiger partial charge in [-0.05, 0) is 40.5 Å². The van der Waals surface area contributed by atoms with Gasteiger partial charge in [-0.1, -0.05) is 72.7 Å². The van der Waals surface area contributed by atoms with Gasteiger partial charge >= 0.3 is 8.69 Å². The smallest absolute Gasteiger partial charge is 0.414 e. The highest BCUT2D eigenvalue weighted by Crippen LogP contribution is 2.52. The Hall–Kier alpha value is -1.60. The lowest BCUT2D eigenvalue weighted by Crippen LogP contribution is -2.16. The maximum atomic E-state index is 14.6. The number of rotatable bonds is 0. The first-order valence-electron chi connectivity index (χ1n) is 9.49. The Morgan fingerprint density at radius 1 is 0.852 bits per heavy atom. The van der Waals surface area contributed by atoms with Gasteiger partial charge in [-0.15, -0.1) is 4.20 Å². The van der Waals surface area contributed by atoms with Crippen LogP contribution in [0.4, 0.5) is 4.20 Å². The summed E-state index contributed by atoms with van der Waals surface area (Å²) in [6.07, 6.45) is 0. The quantitative estimate of drug-likeness (QED) is 0.430. The summed E-state index contributed by atoms with van der Waals surface area (Å²) in [5.74, 6) is 1.24. The van der Waals surface area contributed by atoms with Gasteiger partial charge in [0.25, 0.3) is 0 Å². The van der Waals surface area contributed by atoms with Crippen LogP contribution in [0.15, 0.2) is 30.3 Å². The SMILES string of the molecule is Cc1cc(C(C)(C)C)cc2c1OP(F)Oc1ccc(C(C)(C)C)cc1C2C. The van der Waals surface area contributed by atoms with Gasteiger partial charge in [0, 0.05) is 17.0 Å². The van der Waals surface area contributed by atoms with Crippen LogP contribution in [0.3, 0.4) is 0 Å². The fourth-order valence-corrected chi connectivity index (χ4v) is 4.20. The number of fused-ring (bicyclic) bond motifs is 2. The zero-order chi connectivity index (χ0) is 20.1. The van der Waals surface area contributed by atoms with Crippen molar-refractivity contribution >= 4 is 8.69 Å². The topological polar surface area (TPSA) is 18.5 Å². The van der Waals surface area contributed by atoms with Crippen molar-refractivity contribution in [3.05, 3.63) is 58.1 Å². The molecule has 1 heterocycles. The normalized spacial score (nSPS) is 19.9. The van der Waals surface area contributed by atoms with Crippen LogP contribution in [0.2, 0.25) is 0 Å². The van der Waals surface area contributed by atoms with Crippen LogP contribution in [-0.4, -0.2) is 0 Å². The van der Waals surface area contributed by atoms with Gasteiger partial charge in [0.05, 0.1) is 0 Å². The molecule has 2 nitrogen and oxygen atoms in total. The maximum absolute atomic E-state index is 14.6. The van der Waals surface area contributed by atoms with Crippen LogP contribution >= 0.6 is 8.69 Å². The highest BCUT2D eigenvalue weighted by Gasteiger charge is 2.30. The molecule has 0 spiro atoms. The third kappa shape index (κ3) is 3.99. The van der Waals surface area contributed by atoms with E-state index in [0.717, 1.165) is 16.7 Å². The number of halogens is 1. The Labute approximate surface area is 164 Å². The predicted molar refractivity (Wildman–Crippen MR) is 112 cm³/mol. The molecule has 27 heavy (non-hydrogen) atoms. The Kier molecular flexibility index (Phi) is 5.06. The highest BCUT2D eigenvalue weighted by molar-refractivity contribution is 7.42. The lowest BCUT2D eigenvalue weighted by atomic mass is 9.80. The standard InChI is InChI=1S/C23H30FO2P/c1-14-11-17(23(6,7)8)13-19-15(2)18-12-16(22(3,4)5)9-10-20(18)25-27(24)26-21(14)19/h9-13,15H,1-8H3. The Morgan fingerprint density at radius 2 is 1.44 bits per heavy atom. The van der Waals surface area contributed by atoms with Crippen molar-refractivity contribution in [2.45, 2.75) is 72.1 Å². The van der Waals surface area contributed by atoms with Crippen LogP contribution in [0.5, 0.6) is 11.5 Å². The number of benzene rings is 2. The molecule has 4 heteroatoms. The molecule has 0 bridgehead atoms. The van der Waals surface area contributed by atoms with Crippen LogP contribution in [-0.2, 0) is 10.8 Å². The van der Waals surface area contributed by atoms with Crippen LogP contribution in [0.1, 0.15) is 82.2 Å². The molecule has 0 N–H and O–H groups in total. The van der Waals surface area contributed by atoms with Crippen LogP contribution in [0, 0.1) is 6.92 Å². The largest absolute Gasteiger partial charge is 0.505 e. The molecule has 3 rings (SSSR count). The molecule has 0 aromatic heterocycles. The van der Waals surface area contributed by atoms with Crippen molar-refractivity contribution in [1.29, 1.82) is 0 Å². The van der Waals surface area contributed by atoms with E-state index in [0.29, 0.717) is 11.5 Å². The summed E-state index contributed by atoms with van der Waals surface area (Å²) in [6, 6.07) is 10.3. The summed E-state index contributed by atoms with van der Waals surface area (Å²) in [5, 5.41) is 0. The number of hydrogen-bond donors (Lipinski definition) is 0. The third-order valence-corrected chi connectivity index (χ3v) is 5.98. The molecule has 2 unspecified atom stereocenters. The molecule has 0 radical (unpaired) electrons. The average Bonchev–Trinajstić information content (AvgIpc) is 2.53. The highest BCUT2D eigenvalue weighted by atomic mass is 31.2. The molecular formula is C23H30FO2P. The average molecular weight is 388 g/mol. The molecular weight excluding hydrogens is 358 g/mol. The van der Waals surface area contributed by atoms with Gasteiger partial charge in [-0.3, -0.25) is 0 Å². The fraction of sp³-hybridized carbons (Fsp3) is 0.478. The minimum atomic E-state index is -2.52. The monoisotopic (exact) mass is 388 g/mol. The van der Waals surface area contributed by atoms with Gasteiger partial charge < -0.3 is 9.05 Å². The molecule has 1 aliphatic heterocycles. The van der Waals surface area contributed by atoms with E-state index in [-0.39, 0.29) is 16.7 Å². The number of aryl methyl sites for hydroxylation is 1. The van der Waals surface area contributed by atoms with Crippen molar-refractivity contribution in [2.75, 3.05) is 0 Å². The summed E-state index contributed by atoms with van der Waals surface area (Å²) >= 11 is 0. The van der Waals surface area contributed by atoms with Gasteiger partial charge in [0.15, 0.2) is 0 Å². The van der Waals surface area contributed by atoms with E-state index in [9.17, 15) is 4.20 Å². The molecule has 2 aromatic rings. The molecule has 0 aliphatic carbocycles. The summed E-state index contributed by atoms with van der Waals surface area (Å²) in [7, 11) is -2.52. The fourth-order valence-electron chi connectivity index (χ4n) is 3.45. The third-order valence-electron chi connectivity index (χ3n) is 5.31. The minimum absolute atomic E-state index is 0.00884. The van der Waals surface area contributed by atoms with E-state index in [1.807, 2.05) is 19.1 Å². The second-order valence-electron chi connectivity index (χ2n) is 9.58. The summed E-state index contributed by atoms with van der Waals surface area (Å²) in [6.45, 7) is 17.3. The van der Waals surface area contributed by atoms with E-state index in [4.69, 9.17) is 9.05 Å². The van der Waals surface area contributed by atoms with E-state index >= 15 is 0 Å². The van der Waals surface area contributed by atoms with Gasteiger partial charge in [-0.2, -0.15) is 0 Å². The van der Waals surface area contributed by atoms with E-state index in [1.54, 1.807) is 0 Å². The zero-order valence-corrected chi connectivity index (χ0v) is 18.5. The Bertz CT molecular complexity index is 862. The van der Waals surface area contributed by atoms with Crippen LogP contribution in [0.25, 0.3) is 0 Å². The molecule has 2 atom stereocenters. The predicted octanol–water partition coefficient (Wildman–Crippen LogP) is 7.71. The summed E-state index contributed by atoms with van der Waals surface area (Å²) in [4.78, 5) is 0. The lowest BCUT2D eigenvalue weighted by Gasteiger charge is -2.29. The summed E-state index contributed by atoms with van der Waals surface area (Å²) < 4.78 is 25.8. The molecule has 2 aromatic carbocycles. The second kappa shape index (κ2) is 6.78. The lowest BCUT2D eigenvalue weighted by molar-refractivity contribution is 0.422. The van der Waals surface area contributed by atoms with Crippen molar-refractivity contribution < 1.29 is 13.2 Å². The molecule has 0 saturated carbocycles. The van der Waals surface area contributed by atoms with E-state index in [1.165, 1.54) is 11.1 Å². The Balaban J connectivity index is 2.24. The van der Waals surface area contributed by atoms with E-state index < -0.39 is 8.69 Å². The first kappa shape index (κ1) is 20.1. The van der Waals surface area contributed by atoms with Gasteiger partial charge in [0.1, 0.15) is 11.5 Å². The molecule has 1 aliphatic rings. The van der Waals surface area contributed by atoms with Crippen LogP contribution < -0.4 is 9.05 Å². The van der Waals surface area contributed by atoms with Crippen molar-refractivity contribution in [1.82, 2.24) is 0 Å². The molecule has 0 saturated heterocycles. The first-order chi connectivity index (χ1) is 12.4. The second-order valence-corrected chi connectivity index (χ2v) is 10.4. The van der Waals surface area contributed by atoms with Crippen molar-refractivity contribution in [3.63, 3.8) is 0 Å². The molecule has 146 valence electrons. The maximum Gasteiger partial charge on any atom is 0.505 e. The van der Waals surface area contributed by atoms with E-state index in [2.05, 4.69) is 66.7 Å². The number of hydrogen-bond acceptors (Lipinski definition) is 2.